The van der Waals surface area contributed by atoms with E-state index in [1.165, 1.54) is 0 Å². The fourth-order valence-electron chi connectivity index (χ4n) is 1.55. The predicted molar refractivity (Wildman–Crippen MR) is 63.9 cm³/mol. The van der Waals surface area contributed by atoms with Gasteiger partial charge in [0.2, 0.25) is 0 Å². The molecule has 0 atom stereocenters. The zero-order valence-electron chi connectivity index (χ0n) is 7.66. The normalized spacial score (nSPS) is 14.0. The Morgan fingerprint density at radius 3 is 2.93 bits per heavy atom. The Labute approximate surface area is 102 Å². The summed E-state index contributed by atoms with van der Waals surface area (Å²) in [6.07, 6.45) is 0. The molecule has 1 aliphatic heterocycles. The molecule has 6 heteroatoms. The molecule has 2 rings (SSSR count). The molecule has 0 aromatic carbocycles. The summed E-state index contributed by atoms with van der Waals surface area (Å²) in [5.41, 5.74) is 2.36. The molecule has 0 fully saturated rings. The zero-order valence-corrected chi connectivity index (χ0v) is 10.1. The summed E-state index contributed by atoms with van der Waals surface area (Å²) >= 11 is 11.7. The molecule has 0 saturated carbocycles. The summed E-state index contributed by atoms with van der Waals surface area (Å²) in [7, 11) is 0. The van der Waals surface area contributed by atoms with E-state index in [1.54, 1.807) is 11.8 Å². The highest BCUT2D eigenvalue weighted by atomic mass is 35.5. The third-order valence-electron chi connectivity index (χ3n) is 2.24. The molecule has 3 nitrogen and oxygen atoms in total. The van der Waals surface area contributed by atoms with E-state index in [0.717, 1.165) is 17.0 Å². The second-order valence-electron chi connectivity index (χ2n) is 3.13. The SMILES string of the molecule is O=C(O)c1c(Cl)c(CS)nc2c1CSC2. The predicted octanol–water partition coefficient (Wildman–Crippen LogP) is 2.61. The number of hydrogen-bond acceptors (Lipinski definition) is 4. The molecule has 1 aromatic heterocycles. The summed E-state index contributed by atoms with van der Waals surface area (Å²) in [4.78, 5) is 15.4. The first-order valence-corrected chi connectivity index (χ1v) is 6.43. The van der Waals surface area contributed by atoms with Crippen LogP contribution in [0.1, 0.15) is 27.3 Å². The van der Waals surface area contributed by atoms with Crippen molar-refractivity contribution in [2.45, 2.75) is 17.3 Å². The lowest BCUT2D eigenvalue weighted by Gasteiger charge is -2.09. The Kier molecular flexibility index (Phi) is 3.13. The lowest BCUT2D eigenvalue weighted by atomic mass is 10.1. The van der Waals surface area contributed by atoms with Crippen molar-refractivity contribution < 1.29 is 9.90 Å². The number of carboxylic acid groups (broad SMARTS) is 1. The monoisotopic (exact) mass is 261 g/mol. The van der Waals surface area contributed by atoms with Gasteiger partial charge in [0.1, 0.15) is 0 Å². The second-order valence-corrected chi connectivity index (χ2v) is 4.81. The van der Waals surface area contributed by atoms with Crippen LogP contribution in [0.25, 0.3) is 0 Å². The van der Waals surface area contributed by atoms with Gasteiger partial charge in [0.25, 0.3) is 0 Å². The molecule has 15 heavy (non-hydrogen) atoms. The highest BCUT2D eigenvalue weighted by Gasteiger charge is 2.25. The minimum atomic E-state index is -0.982. The van der Waals surface area contributed by atoms with Gasteiger partial charge in [-0.3, -0.25) is 4.98 Å². The van der Waals surface area contributed by atoms with Gasteiger partial charge in [0.05, 0.1) is 22.0 Å². The van der Waals surface area contributed by atoms with Gasteiger partial charge >= 0.3 is 5.97 Å². The number of carbonyl (C=O) groups is 1. The van der Waals surface area contributed by atoms with Crippen LogP contribution >= 0.6 is 36.0 Å². The molecule has 1 N–H and O–H groups in total. The summed E-state index contributed by atoms with van der Waals surface area (Å²) in [5.74, 6) is 0.811. The van der Waals surface area contributed by atoms with E-state index >= 15 is 0 Å². The third-order valence-corrected chi connectivity index (χ3v) is 3.92. The van der Waals surface area contributed by atoms with Crippen LogP contribution in [-0.2, 0) is 17.3 Å². The Balaban J connectivity index is 2.69. The van der Waals surface area contributed by atoms with Crippen LogP contribution in [-0.4, -0.2) is 16.1 Å². The quantitative estimate of drug-likeness (QED) is 0.804. The van der Waals surface area contributed by atoms with Gasteiger partial charge in [-0.15, -0.1) is 0 Å². The van der Waals surface area contributed by atoms with Crippen molar-refractivity contribution >= 4 is 42.0 Å². The van der Waals surface area contributed by atoms with Gasteiger partial charge in [-0.2, -0.15) is 24.4 Å². The van der Waals surface area contributed by atoms with E-state index in [0.29, 0.717) is 17.2 Å². The molecule has 0 unspecified atom stereocenters. The minimum Gasteiger partial charge on any atom is -0.478 e. The van der Waals surface area contributed by atoms with Gasteiger partial charge in [-0.1, -0.05) is 11.6 Å². The standard InChI is InChI=1S/C9H8ClNO2S2/c10-8-5(1-14)11-6-3-15-2-4(6)7(8)9(12)13/h14H,1-3H2,(H,12,13). The van der Waals surface area contributed by atoms with Crippen LogP contribution in [0.2, 0.25) is 5.02 Å². The number of hydrogen-bond donors (Lipinski definition) is 2. The summed E-state index contributed by atoms with van der Waals surface area (Å²) in [6, 6.07) is 0. The van der Waals surface area contributed by atoms with E-state index in [1.807, 2.05) is 0 Å². The molecule has 0 bridgehead atoms. The van der Waals surface area contributed by atoms with Crippen molar-refractivity contribution in [2.75, 3.05) is 0 Å². The molecule has 2 heterocycles. The van der Waals surface area contributed by atoms with E-state index in [-0.39, 0.29) is 10.6 Å². The molecule has 0 radical (unpaired) electrons. The van der Waals surface area contributed by atoms with Crippen molar-refractivity contribution in [1.29, 1.82) is 0 Å². The highest BCUT2D eigenvalue weighted by molar-refractivity contribution is 7.98. The topological polar surface area (TPSA) is 50.2 Å². The number of pyridine rings is 1. The summed E-state index contributed by atoms with van der Waals surface area (Å²) in [5, 5.41) is 9.34. The van der Waals surface area contributed by atoms with Crippen LogP contribution in [0.5, 0.6) is 0 Å². The first-order chi connectivity index (χ1) is 7.15. The first kappa shape index (κ1) is 11.1. The number of carboxylic acids is 1. The fraction of sp³-hybridized carbons (Fsp3) is 0.333. The van der Waals surface area contributed by atoms with Crippen LogP contribution in [0.4, 0.5) is 0 Å². The number of halogens is 1. The maximum atomic E-state index is 11.1. The van der Waals surface area contributed by atoms with Crippen LogP contribution in [0.15, 0.2) is 0 Å². The summed E-state index contributed by atoms with van der Waals surface area (Å²) in [6.45, 7) is 0. The van der Waals surface area contributed by atoms with Gasteiger partial charge < -0.3 is 5.11 Å². The van der Waals surface area contributed by atoms with Gasteiger partial charge in [-0.05, 0) is 0 Å². The number of aromatic nitrogens is 1. The van der Waals surface area contributed by atoms with Crippen molar-refractivity contribution in [1.82, 2.24) is 4.98 Å². The number of fused-ring (bicyclic) bond motifs is 1. The number of rotatable bonds is 2. The molecule has 1 aromatic rings. The van der Waals surface area contributed by atoms with E-state index in [4.69, 9.17) is 16.7 Å². The minimum absolute atomic E-state index is 0.204. The van der Waals surface area contributed by atoms with Gasteiger partial charge in [0, 0.05) is 22.8 Å². The van der Waals surface area contributed by atoms with E-state index in [9.17, 15) is 4.79 Å². The second kappa shape index (κ2) is 4.23. The summed E-state index contributed by atoms with van der Waals surface area (Å²) < 4.78 is 0. The van der Waals surface area contributed by atoms with Gasteiger partial charge in [0.15, 0.2) is 0 Å². The van der Waals surface area contributed by atoms with E-state index in [2.05, 4.69) is 17.6 Å². The fourth-order valence-corrected chi connectivity index (χ4v) is 3.23. The van der Waals surface area contributed by atoms with Crippen molar-refractivity contribution in [3.05, 3.63) is 27.5 Å². The lowest BCUT2D eigenvalue weighted by molar-refractivity contribution is 0.0696. The number of thioether (sulfide) groups is 1. The highest BCUT2D eigenvalue weighted by Crippen LogP contribution is 2.36. The van der Waals surface area contributed by atoms with Crippen molar-refractivity contribution in [3.8, 4) is 0 Å². The molecule has 0 spiro atoms. The average molecular weight is 262 g/mol. The first-order valence-electron chi connectivity index (χ1n) is 4.27. The van der Waals surface area contributed by atoms with Crippen LogP contribution in [0, 0.1) is 0 Å². The maximum absolute atomic E-state index is 11.1. The molecule has 80 valence electrons. The molecule has 1 aliphatic rings. The Hall–Kier alpha value is -0.390. The molecule has 0 aliphatic carbocycles. The zero-order chi connectivity index (χ0) is 11.0. The van der Waals surface area contributed by atoms with Crippen molar-refractivity contribution in [3.63, 3.8) is 0 Å². The smallest absolute Gasteiger partial charge is 0.337 e. The number of aromatic carboxylic acids is 1. The maximum Gasteiger partial charge on any atom is 0.337 e. The average Bonchev–Trinajstić information content (AvgIpc) is 2.63. The Morgan fingerprint density at radius 1 is 1.60 bits per heavy atom. The van der Waals surface area contributed by atoms with Crippen molar-refractivity contribution in [2.24, 2.45) is 0 Å². The molecular weight excluding hydrogens is 254 g/mol. The molecule has 0 amide bonds. The van der Waals surface area contributed by atoms with Gasteiger partial charge in [-0.25, -0.2) is 4.79 Å². The van der Waals surface area contributed by atoms with Crippen LogP contribution in [0.3, 0.4) is 0 Å². The largest absolute Gasteiger partial charge is 0.478 e. The Morgan fingerprint density at radius 2 is 2.33 bits per heavy atom. The molecule has 0 saturated heterocycles. The Bertz CT molecular complexity index is 436. The van der Waals surface area contributed by atoms with E-state index < -0.39 is 5.97 Å². The number of thiol groups is 1. The lowest BCUT2D eigenvalue weighted by Crippen LogP contribution is -2.07. The number of nitrogens with zero attached hydrogens (tertiary/aromatic N) is 1. The molecular formula is C9H8ClNO2S2. The third kappa shape index (κ3) is 1.84. The van der Waals surface area contributed by atoms with Crippen LogP contribution < -0.4 is 0 Å².